The van der Waals surface area contributed by atoms with Gasteiger partial charge in [0, 0.05) is 19.2 Å². The van der Waals surface area contributed by atoms with E-state index in [4.69, 9.17) is 11.6 Å². The highest BCUT2D eigenvalue weighted by molar-refractivity contribution is 6.17. The summed E-state index contributed by atoms with van der Waals surface area (Å²) in [6.07, 6.45) is 0.398. The molecule has 1 aromatic rings. The molecule has 0 aromatic heterocycles. The number of esters is 1. The average Bonchev–Trinajstić information content (AvgIpc) is 2.37. The molecule has 0 radical (unpaired) electrons. The third kappa shape index (κ3) is 4.37. The molecule has 0 bridgehead atoms. The quantitative estimate of drug-likeness (QED) is 0.653. The van der Waals surface area contributed by atoms with Gasteiger partial charge in [-0.05, 0) is 11.1 Å². The molecule has 4 nitrogen and oxygen atoms in total. The second-order valence-electron chi connectivity index (χ2n) is 3.93. The number of rotatable bonds is 5. The maximum atomic E-state index is 11.5. The second-order valence-corrected chi connectivity index (χ2v) is 4.20. The fourth-order valence-electron chi connectivity index (χ4n) is 1.58. The van der Waals surface area contributed by atoms with Crippen molar-refractivity contribution in [3.8, 4) is 0 Å². The van der Waals surface area contributed by atoms with Gasteiger partial charge in [-0.3, -0.25) is 4.79 Å². The highest BCUT2D eigenvalue weighted by Gasteiger charge is 2.20. The molecule has 1 N–H and O–H groups in total. The normalized spacial score (nSPS) is 11.7. The van der Waals surface area contributed by atoms with Crippen molar-refractivity contribution in [3.05, 3.63) is 35.4 Å². The number of carbonyl (C=O) groups excluding carboxylic acids is 2. The SMILES string of the molecule is COC(=O)[C@H](Cc1ccc(CCl)cc1)NC(C)=O. The predicted molar refractivity (Wildman–Crippen MR) is 69.3 cm³/mol. The van der Waals surface area contributed by atoms with E-state index in [0.29, 0.717) is 12.3 Å². The van der Waals surface area contributed by atoms with Crippen molar-refractivity contribution in [2.75, 3.05) is 7.11 Å². The molecule has 98 valence electrons. The summed E-state index contributed by atoms with van der Waals surface area (Å²) in [5.41, 5.74) is 1.95. The number of ether oxygens (including phenoxy) is 1. The molecule has 0 saturated heterocycles. The van der Waals surface area contributed by atoms with Crippen LogP contribution in [0.25, 0.3) is 0 Å². The lowest BCUT2D eigenvalue weighted by atomic mass is 10.0. The van der Waals surface area contributed by atoms with Crippen molar-refractivity contribution in [1.29, 1.82) is 0 Å². The smallest absolute Gasteiger partial charge is 0.328 e. The summed E-state index contributed by atoms with van der Waals surface area (Å²) >= 11 is 5.70. The zero-order valence-corrected chi connectivity index (χ0v) is 11.2. The van der Waals surface area contributed by atoms with Crippen LogP contribution in [0, 0.1) is 0 Å². The van der Waals surface area contributed by atoms with Crippen LogP contribution in [0.5, 0.6) is 0 Å². The van der Waals surface area contributed by atoms with Crippen LogP contribution in [-0.2, 0) is 26.6 Å². The first-order chi connectivity index (χ1) is 8.56. The first kappa shape index (κ1) is 14.5. The molecule has 0 unspecified atom stereocenters. The van der Waals surface area contributed by atoms with Crippen LogP contribution in [0.15, 0.2) is 24.3 Å². The highest BCUT2D eigenvalue weighted by atomic mass is 35.5. The molecule has 18 heavy (non-hydrogen) atoms. The van der Waals surface area contributed by atoms with Gasteiger partial charge in [0.1, 0.15) is 6.04 Å². The Hall–Kier alpha value is -1.55. The van der Waals surface area contributed by atoms with Crippen molar-refractivity contribution in [1.82, 2.24) is 5.32 Å². The van der Waals surface area contributed by atoms with E-state index in [0.717, 1.165) is 11.1 Å². The third-order valence-corrected chi connectivity index (χ3v) is 2.79. The zero-order chi connectivity index (χ0) is 13.5. The molecule has 0 aliphatic rings. The Labute approximate surface area is 111 Å². The molecular formula is C13H16ClNO3. The first-order valence-electron chi connectivity index (χ1n) is 5.55. The Morgan fingerprint density at radius 1 is 1.28 bits per heavy atom. The van der Waals surface area contributed by atoms with Gasteiger partial charge < -0.3 is 10.1 Å². The number of amides is 1. The summed E-state index contributed by atoms with van der Waals surface area (Å²) in [6.45, 7) is 1.37. The number of carbonyl (C=O) groups is 2. The van der Waals surface area contributed by atoms with Gasteiger partial charge in [0.05, 0.1) is 7.11 Å². The summed E-state index contributed by atoms with van der Waals surface area (Å²) in [5.74, 6) is -0.263. The molecule has 1 aromatic carbocycles. The maximum Gasteiger partial charge on any atom is 0.328 e. The van der Waals surface area contributed by atoms with Crippen LogP contribution in [0.4, 0.5) is 0 Å². The minimum atomic E-state index is -0.658. The minimum absolute atomic E-state index is 0.261. The highest BCUT2D eigenvalue weighted by Crippen LogP contribution is 2.09. The lowest BCUT2D eigenvalue weighted by molar-refractivity contribution is -0.144. The van der Waals surface area contributed by atoms with E-state index in [1.54, 1.807) is 0 Å². The van der Waals surface area contributed by atoms with Crippen molar-refractivity contribution in [2.45, 2.75) is 25.3 Å². The van der Waals surface area contributed by atoms with E-state index in [1.165, 1.54) is 14.0 Å². The Bertz CT molecular complexity index is 417. The number of halogens is 1. The van der Waals surface area contributed by atoms with Crippen LogP contribution in [0.1, 0.15) is 18.1 Å². The fraction of sp³-hybridized carbons (Fsp3) is 0.385. The van der Waals surface area contributed by atoms with Gasteiger partial charge in [-0.1, -0.05) is 24.3 Å². The molecule has 0 spiro atoms. The van der Waals surface area contributed by atoms with E-state index >= 15 is 0 Å². The molecule has 0 heterocycles. The second kappa shape index (κ2) is 7.01. The van der Waals surface area contributed by atoms with Crippen LogP contribution in [0.3, 0.4) is 0 Å². The van der Waals surface area contributed by atoms with Crippen molar-refractivity contribution >= 4 is 23.5 Å². The zero-order valence-electron chi connectivity index (χ0n) is 10.4. The van der Waals surface area contributed by atoms with Gasteiger partial charge >= 0.3 is 5.97 Å². The number of hydrogen-bond donors (Lipinski definition) is 1. The molecule has 5 heteroatoms. The van der Waals surface area contributed by atoms with Crippen LogP contribution in [-0.4, -0.2) is 25.0 Å². The molecule has 1 atom stereocenters. The number of alkyl halides is 1. The lowest BCUT2D eigenvalue weighted by Gasteiger charge is -2.15. The van der Waals surface area contributed by atoms with E-state index in [-0.39, 0.29) is 5.91 Å². The molecular weight excluding hydrogens is 254 g/mol. The van der Waals surface area contributed by atoms with Gasteiger partial charge in [-0.25, -0.2) is 4.79 Å². The van der Waals surface area contributed by atoms with Crippen LogP contribution in [0.2, 0.25) is 0 Å². The van der Waals surface area contributed by atoms with Crippen LogP contribution >= 0.6 is 11.6 Å². The van der Waals surface area contributed by atoms with Gasteiger partial charge in [0.15, 0.2) is 0 Å². The summed E-state index contributed by atoms with van der Waals surface area (Å²) in [5, 5.41) is 2.57. The average molecular weight is 270 g/mol. The van der Waals surface area contributed by atoms with E-state index in [2.05, 4.69) is 10.1 Å². The Morgan fingerprint density at radius 3 is 2.28 bits per heavy atom. The molecule has 0 saturated carbocycles. The fourth-order valence-corrected chi connectivity index (χ4v) is 1.76. The monoisotopic (exact) mass is 269 g/mol. The van der Waals surface area contributed by atoms with Gasteiger partial charge in [0.2, 0.25) is 5.91 Å². The molecule has 0 fully saturated rings. The number of benzene rings is 1. The maximum absolute atomic E-state index is 11.5. The van der Waals surface area contributed by atoms with Crippen molar-refractivity contribution < 1.29 is 14.3 Å². The molecule has 0 aliphatic heterocycles. The van der Waals surface area contributed by atoms with Gasteiger partial charge in [-0.2, -0.15) is 0 Å². The minimum Gasteiger partial charge on any atom is -0.467 e. The van der Waals surface area contributed by atoms with Crippen molar-refractivity contribution in [3.63, 3.8) is 0 Å². The Balaban J connectivity index is 2.75. The first-order valence-corrected chi connectivity index (χ1v) is 6.09. The van der Waals surface area contributed by atoms with E-state index in [1.807, 2.05) is 24.3 Å². The summed E-state index contributed by atoms with van der Waals surface area (Å²) in [4.78, 5) is 22.5. The number of methoxy groups -OCH3 is 1. The Morgan fingerprint density at radius 2 is 1.83 bits per heavy atom. The summed E-state index contributed by atoms with van der Waals surface area (Å²) < 4.78 is 4.66. The Kier molecular flexibility index (Phi) is 5.65. The molecule has 0 aliphatic carbocycles. The lowest BCUT2D eigenvalue weighted by Crippen LogP contribution is -2.41. The van der Waals surface area contributed by atoms with Crippen molar-refractivity contribution in [2.24, 2.45) is 0 Å². The third-order valence-electron chi connectivity index (χ3n) is 2.48. The van der Waals surface area contributed by atoms with E-state index in [9.17, 15) is 9.59 Å². The van der Waals surface area contributed by atoms with Crippen LogP contribution < -0.4 is 5.32 Å². The molecule has 1 rings (SSSR count). The topological polar surface area (TPSA) is 55.4 Å². The van der Waals surface area contributed by atoms with Gasteiger partial charge in [-0.15, -0.1) is 11.6 Å². The van der Waals surface area contributed by atoms with E-state index < -0.39 is 12.0 Å². The predicted octanol–water partition coefficient (Wildman–Crippen LogP) is 1.65. The van der Waals surface area contributed by atoms with Gasteiger partial charge in [0.25, 0.3) is 0 Å². The summed E-state index contributed by atoms with van der Waals surface area (Å²) in [6, 6.07) is 6.90. The summed E-state index contributed by atoms with van der Waals surface area (Å²) in [7, 11) is 1.30. The molecule has 1 amide bonds. The standard InChI is InChI=1S/C13H16ClNO3/c1-9(16)15-12(13(17)18-2)7-10-3-5-11(8-14)6-4-10/h3-6,12H,7-8H2,1-2H3,(H,15,16)/t12-/m0/s1. The number of hydrogen-bond acceptors (Lipinski definition) is 3. The largest absolute Gasteiger partial charge is 0.467 e. The number of nitrogens with one attached hydrogen (secondary N) is 1.